The molecule has 3 amide bonds. The van der Waals surface area contributed by atoms with Crippen molar-refractivity contribution in [2.75, 3.05) is 58.9 Å². The fourth-order valence-corrected chi connectivity index (χ4v) is 7.25. The summed E-state index contributed by atoms with van der Waals surface area (Å²) in [5.41, 5.74) is 0.222. The first-order chi connectivity index (χ1) is 16.4. The van der Waals surface area contributed by atoms with E-state index >= 15 is 0 Å². The highest BCUT2D eigenvalue weighted by Crippen LogP contribution is 2.37. The second kappa shape index (κ2) is 15.1. The molecule has 1 aromatic carbocycles. The summed E-state index contributed by atoms with van der Waals surface area (Å²) >= 11 is 5.52. The Hall–Kier alpha value is -0.420. The molecule has 1 rings (SSSR count). The van der Waals surface area contributed by atoms with Gasteiger partial charge in [-0.15, -0.1) is 0 Å². The molecule has 1 aromatic rings. The first kappa shape index (κ1) is 32.6. The van der Waals surface area contributed by atoms with Gasteiger partial charge in [-0.25, -0.2) is 0 Å². The molecule has 0 aromatic heterocycles. The van der Waals surface area contributed by atoms with E-state index in [4.69, 9.17) is 10.2 Å². The molecule has 15 heteroatoms. The summed E-state index contributed by atoms with van der Waals surface area (Å²) in [6, 6.07) is 0. The van der Waals surface area contributed by atoms with Crippen molar-refractivity contribution in [2.45, 2.75) is 12.2 Å². The number of hydrogen-bond donors (Lipinski definition) is 7. The van der Waals surface area contributed by atoms with Gasteiger partial charge in [-0.05, 0) is 67.8 Å². The van der Waals surface area contributed by atoms with Crippen LogP contribution in [0.4, 0.5) is 5.69 Å². The van der Waals surface area contributed by atoms with Crippen molar-refractivity contribution >= 4 is 91.2 Å². The van der Waals surface area contributed by atoms with Crippen LogP contribution in [0.2, 0.25) is 0 Å². The van der Waals surface area contributed by atoms with Crippen LogP contribution in [0, 0.1) is 16.6 Å². The second-order valence-corrected chi connectivity index (χ2v) is 10.9. The number of aliphatic hydroxyl groups is 6. The molecular weight excluding hydrogens is 807 g/mol. The molecule has 0 aliphatic heterocycles. The van der Waals surface area contributed by atoms with Gasteiger partial charge in [-0.2, -0.15) is 0 Å². The maximum Gasteiger partial charge on any atom is 0.255 e. The lowest BCUT2D eigenvalue weighted by Gasteiger charge is -2.26. The van der Waals surface area contributed by atoms with Gasteiger partial charge < -0.3 is 45.8 Å². The van der Waals surface area contributed by atoms with Crippen molar-refractivity contribution in [3.8, 4) is 0 Å². The van der Waals surface area contributed by atoms with Crippen molar-refractivity contribution in [2.24, 2.45) is 5.92 Å². The monoisotopic (exact) mass is 835 g/mol. The van der Waals surface area contributed by atoms with Crippen molar-refractivity contribution in [3.05, 3.63) is 21.8 Å². The highest BCUT2D eigenvalue weighted by molar-refractivity contribution is 14.1. The second-order valence-electron chi connectivity index (χ2n) is 7.66. The zero-order chi connectivity index (χ0) is 27.0. The largest absolute Gasteiger partial charge is 0.395 e. The smallest absolute Gasteiger partial charge is 0.255 e. The van der Waals surface area contributed by atoms with E-state index in [1.807, 2.05) is 67.8 Å². The Balaban J connectivity index is 3.73. The molecule has 0 unspecified atom stereocenters. The standard InChI is InChI=1S/C20H28I3N3O9/c1-25(3-10(31)7-29)19(34)12-14(21)13(20(35)26(2)4-11(32)8-30)16(23)17(15(12)22)24-18(33)9(5-27)6-28/h9-11,27-32H,3-8H2,1-2H3,(H,24,33)/t10-,11-/m1/s1. The number of rotatable bonds is 12. The summed E-state index contributed by atoms with van der Waals surface area (Å²) in [7, 11) is 2.81. The predicted octanol–water partition coefficient (Wildman–Crippen LogP) is -1.11. The molecule has 0 bridgehead atoms. The van der Waals surface area contributed by atoms with Gasteiger partial charge in [0.15, 0.2) is 0 Å². The number of carbonyl (C=O) groups excluding carboxylic acids is 3. The van der Waals surface area contributed by atoms with Crippen LogP contribution >= 0.6 is 67.8 Å². The summed E-state index contributed by atoms with van der Waals surface area (Å²) in [6.45, 7) is -2.77. The number of anilines is 1. The number of amides is 3. The summed E-state index contributed by atoms with van der Waals surface area (Å²) < 4.78 is 0.814. The Bertz CT molecular complexity index is 874. The normalized spacial score (nSPS) is 12.9. The third kappa shape index (κ3) is 8.28. The third-order valence-corrected chi connectivity index (χ3v) is 8.12. The molecule has 0 radical (unpaired) electrons. The SMILES string of the molecule is CN(C[C@@H](O)CO)C(=O)c1c(I)c(NC(=O)C(CO)CO)c(I)c(C(=O)N(C)C[C@@H](O)CO)c1I. The number of nitrogens with one attached hydrogen (secondary N) is 1. The van der Waals surface area contributed by atoms with E-state index in [1.54, 1.807) is 0 Å². The van der Waals surface area contributed by atoms with Gasteiger partial charge in [0.1, 0.15) is 0 Å². The van der Waals surface area contributed by atoms with Crippen LogP contribution in [0.3, 0.4) is 0 Å². The molecule has 0 fully saturated rings. The lowest BCUT2D eigenvalue weighted by Crippen LogP contribution is -2.39. The molecule has 7 N–H and O–H groups in total. The number of aliphatic hydroxyl groups excluding tert-OH is 6. The maximum atomic E-state index is 13.3. The van der Waals surface area contributed by atoms with Crippen molar-refractivity contribution < 1.29 is 45.0 Å². The van der Waals surface area contributed by atoms with Crippen LogP contribution in [0.1, 0.15) is 20.7 Å². The van der Waals surface area contributed by atoms with Crippen molar-refractivity contribution in [1.82, 2.24) is 9.80 Å². The summed E-state index contributed by atoms with van der Waals surface area (Å²) in [6.07, 6.45) is -2.38. The zero-order valence-corrected chi connectivity index (χ0v) is 25.4. The van der Waals surface area contributed by atoms with Crippen LogP contribution < -0.4 is 5.32 Å². The highest BCUT2D eigenvalue weighted by Gasteiger charge is 2.32. The number of hydrogen-bond acceptors (Lipinski definition) is 9. The fourth-order valence-electron chi connectivity index (χ4n) is 2.89. The predicted molar refractivity (Wildman–Crippen MR) is 151 cm³/mol. The average molecular weight is 835 g/mol. The van der Waals surface area contributed by atoms with Crippen LogP contribution in [0.15, 0.2) is 0 Å². The van der Waals surface area contributed by atoms with Crippen LogP contribution in [0.25, 0.3) is 0 Å². The van der Waals surface area contributed by atoms with Gasteiger partial charge in [0.25, 0.3) is 11.8 Å². The van der Waals surface area contributed by atoms with Crippen molar-refractivity contribution in [3.63, 3.8) is 0 Å². The fraction of sp³-hybridized carbons (Fsp3) is 0.550. The van der Waals surface area contributed by atoms with E-state index in [2.05, 4.69) is 5.32 Å². The molecule has 2 atom stereocenters. The van der Waals surface area contributed by atoms with Gasteiger partial charge >= 0.3 is 0 Å². The Kier molecular flexibility index (Phi) is 14.1. The average Bonchev–Trinajstić information content (AvgIpc) is 2.81. The third-order valence-electron chi connectivity index (χ3n) is 4.89. The number of nitrogens with zero attached hydrogens (tertiary/aromatic N) is 2. The number of halogens is 3. The van der Waals surface area contributed by atoms with Gasteiger partial charge in [-0.1, -0.05) is 0 Å². The lowest BCUT2D eigenvalue weighted by atomic mass is 10.1. The zero-order valence-electron chi connectivity index (χ0n) is 18.9. The molecule has 0 aliphatic rings. The first-order valence-corrected chi connectivity index (χ1v) is 13.4. The van der Waals surface area contributed by atoms with Gasteiger partial charge in [0, 0.05) is 30.8 Å². The lowest BCUT2D eigenvalue weighted by molar-refractivity contribution is -0.122. The molecule has 0 spiro atoms. The van der Waals surface area contributed by atoms with E-state index in [-0.39, 0.29) is 40.6 Å². The minimum atomic E-state index is -1.19. The van der Waals surface area contributed by atoms with Crippen LogP contribution in [0.5, 0.6) is 0 Å². The summed E-state index contributed by atoms with van der Waals surface area (Å²) in [5, 5.41) is 59.1. The molecule has 198 valence electrons. The van der Waals surface area contributed by atoms with E-state index in [1.165, 1.54) is 14.1 Å². The summed E-state index contributed by atoms with van der Waals surface area (Å²) in [5.74, 6) is -3.04. The van der Waals surface area contributed by atoms with E-state index in [9.17, 15) is 34.8 Å². The van der Waals surface area contributed by atoms with Gasteiger partial charge in [0.2, 0.25) is 5.91 Å². The first-order valence-electron chi connectivity index (χ1n) is 10.2. The molecule has 12 nitrogen and oxygen atoms in total. The van der Waals surface area contributed by atoms with Crippen LogP contribution in [-0.4, -0.2) is 124 Å². The van der Waals surface area contributed by atoms with Crippen molar-refractivity contribution in [1.29, 1.82) is 0 Å². The van der Waals surface area contributed by atoms with E-state index in [0.717, 1.165) is 9.80 Å². The molecule has 0 saturated carbocycles. The van der Waals surface area contributed by atoms with Crippen LogP contribution in [-0.2, 0) is 4.79 Å². The highest BCUT2D eigenvalue weighted by atomic mass is 127. The molecular formula is C20H28I3N3O9. The molecule has 35 heavy (non-hydrogen) atoms. The van der Waals surface area contributed by atoms with E-state index < -0.39 is 62.3 Å². The maximum absolute atomic E-state index is 13.3. The Morgan fingerprint density at radius 1 is 0.743 bits per heavy atom. The number of carbonyl (C=O) groups is 3. The minimum Gasteiger partial charge on any atom is -0.395 e. The van der Waals surface area contributed by atoms with Gasteiger partial charge in [0.05, 0.1) is 68.5 Å². The van der Waals surface area contributed by atoms with Gasteiger partial charge in [-0.3, -0.25) is 14.4 Å². The molecule has 0 aliphatic carbocycles. The topological polar surface area (TPSA) is 191 Å². The number of likely N-dealkylation sites (N-methyl/N-ethyl adjacent to an activating group) is 2. The minimum absolute atomic E-state index is 0.0542. The quantitative estimate of drug-likeness (QED) is 0.128. The Labute approximate surface area is 243 Å². The molecule has 0 saturated heterocycles. The Morgan fingerprint density at radius 3 is 1.43 bits per heavy atom. The Morgan fingerprint density at radius 2 is 1.11 bits per heavy atom. The van der Waals surface area contributed by atoms with E-state index in [0.29, 0.717) is 0 Å². The number of benzene rings is 1. The summed E-state index contributed by atoms with van der Waals surface area (Å²) in [4.78, 5) is 41.6. The molecule has 0 heterocycles.